The van der Waals surface area contributed by atoms with Gasteiger partial charge in [-0.1, -0.05) is 6.07 Å². The third kappa shape index (κ3) is 3.55. The average molecular weight is 378 g/mol. The lowest BCUT2D eigenvalue weighted by Crippen LogP contribution is -2.30. The van der Waals surface area contributed by atoms with Crippen LogP contribution in [0.3, 0.4) is 0 Å². The van der Waals surface area contributed by atoms with Gasteiger partial charge in [0.15, 0.2) is 0 Å². The molecule has 1 saturated heterocycles. The Balaban J connectivity index is 1.69. The average Bonchev–Trinajstić information content (AvgIpc) is 3.18. The van der Waals surface area contributed by atoms with Crippen molar-refractivity contribution in [3.8, 4) is 5.88 Å². The van der Waals surface area contributed by atoms with E-state index in [1.807, 2.05) is 0 Å². The number of aromatic nitrogens is 1. The summed E-state index contributed by atoms with van der Waals surface area (Å²) in [6.07, 6.45) is -3.60. The van der Waals surface area contributed by atoms with Crippen LogP contribution in [0.4, 0.5) is 13.2 Å². The van der Waals surface area contributed by atoms with Gasteiger partial charge in [0, 0.05) is 18.8 Å². The number of alkyl halides is 3. The minimum atomic E-state index is -4.48. The van der Waals surface area contributed by atoms with Gasteiger partial charge >= 0.3 is 6.18 Å². The minimum absolute atomic E-state index is 0.0815. The Morgan fingerprint density at radius 3 is 2.79 bits per heavy atom. The van der Waals surface area contributed by atoms with Crippen LogP contribution >= 0.6 is 11.3 Å². The molecule has 0 radical (unpaired) electrons. The summed E-state index contributed by atoms with van der Waals surface area (Å²) in [5.74, 6) is -0.162. The maximum atomic E-state index is 12.7. The van der Waals surface area contributed by atoms with Crippen LogP contribution in [-0.4, -0.2) is 36.9 Å². The van der Waals surface area contributed by atoms with Crippen molar-refractivity contribution < 1.29 is 26.3 Å². The summed E-state index contributed by atoms with van der Waals surface area (Å²) in [5.41, 5.74) is -0.853. The summed E-state index contributed by atoms with van der Waals surface area (Å²) in [6, 6.07) is 4.84. The van der Waals surface area contributed by atoms with Crippen LogP contribution < -0.4 is 4.74 Å². The highest BCUT2D eigenvalue weighted by atomic mass is 32.2. The summed E-state index contributed by atoms with van der Waals surface area (Å²) in [6.45, 7) is 0.335. The lowest BCUT2D eigenvalue weighted by atomic mass is 10.2. The Morgan fingerprint density at radius 2 is 2.12 bits per heavy atom. The molecule has 1 aliphatic heterocycles. The number of sulfonamides is 1. The molecule has 2 aromatic rings. The van der Waals surface area contributed by atoms with Crippen molar-refractivity contribution in [2.75, 3.05) is 13.1 Å². The van der Waals surface area contributed by atoms with E-state index in [1.165, 1.54) is 10.4 Å². The maximum absolute atomic E-state index is 12.7. The SMILES string of the molecule is O=S(=O)(c1cccs1)N1CCC(Oc2cc(C(F)(F)F)ccn2)C1. The van der Waals surface area contributed by atoms with Gasteiger partial charge in [-0.15, -0.1) is 11.3 Å². The van der Waals surface area contributed by atoms with Gasteiger partial charge < -0.3 is 4.74 Å². The largest absolute Gasteiger partial charge is 0.473 e. The van der Waals surface area contributed by atoms with Crippen molar-refractivity contribution in [1.29, 1.82) is 0 Å². The van der Waals surface area contributed by atoms with Crippen LogP contribution in [0.2, 0.25) is 0 Å². The molecule has 0 amide bonds. The van der Waals surface area contributed by atoms with Gasteiger partial charge in [-0.3, -0.25) is 0 Å². The molecule has 0 N–H and O–H groups in total. The molecular weight excluding hydrogens is 365 g/mol. The third-order valence-corrected chi connectivity index (χ3v) is 6.78. The first-order chi connectivity index (χ1) is 11.3. The maximum Gasteiger partial charge on any atom is 0.416 e. The zero-order chi connectivity index (χ0) is 17.4. The van der Waals surface area contributed by atoms with E-state index in [0.29, 0.717) is 6.42 Å². The summed E-state index contributed by atoms with van der Waals surface area (Å²) < 4.78 is 69.8. The van der Waals surface area contributed by atoms with Crippen LogP contribution in [0.1, 0.15) is 12.0 Å². The number of thiophene rings is 1. The number of hydrogen-bond acceptors (Lipinski definition) is 5. The topological polar surface area (TPSA) is 59.5 Å². The Morgan fingerprint density at radius 1 is 1.33 bits per heavy atom. The van der Waals surface area contributed by atoms with Crippen LogP contribution in [-0.2, 0) is 16.2 Å². The summed E-state index contributed by atoms with van der Waals surface area (Å²) in [5, 5.41) is 1.67. The standard InChI is InChI=1S/C14H13F3N2O3S2/c15-14(16,17)10-3-5-18-12(8-10)22-11-4-6-19(9-11)24(20,21)13-2-1-7-23-13/h1-3,5,7-8,11H,4,6,9H2. The van der Waals surface area contributed by atoms with Gasteiger partial charge in [0.2, 0.25) is 5.88 Å². The molecule has 0 spiro atoms. The predicted octanol–water partition coefficient (Wildman–Crippen LogP) is 3.00. The highest BCUT2D eigenvalue weighted by Gasteiger charge is 2.35. The monoisotopic (exact) mass is 378 g/mol. The summed E-state index contributed by atoms with van der Waals surface area (Å²) >= 11 is 1.12. The summed E-state index contributed by atoms with van der Waals surface area (Å²) in [4.78, 5) is 3.77. The van der Waals surface area contributed by atoms with Gasteiger partial charge in [-0.2, -0.15) is 17.5 Å². The Labute approximate surface area is 140 Å². The van der Waals surface area contributed by atoms with E-state index in [1.54, 1.807) is 11.4 Å². The van der Waals surface area contributed by atoms with Crippen molar-refractivity contribution >= 4 is 21.4 Å². The molecule has 1 unspecified atom stereocenters. The van der Waals surface area contributed by atoms with Gasteiger partial charge in [0.05, 0.1) is 12.1 Å². The van der Waals surface area contributed by atoms with Gasteiger partial charge in [-0.25, -0.2) is 13.4 Å². The van der Waals surface area contributed by atoms with Gasteiger partial charge in [0.25, 0.3) is 10.0 Å². The fraction of sp³-hybridized carbons (Fsp3) is 0.357. The fourth-order valence-electron chi connectivity index (χ4n) is 2.37. The zero-order valence-corrected chi connectivity index (χ0v) is 13.9. The highest BCUT2D eigenvalue weighted by Crippen LogP contribution is 2.31. The minimum Gasteiger partial charge on any atom is -0.473 e. The molecule has 1 aliphatic rings. The van der Waals surface area contributed by atoms with Crippen molar-refractivity contribution in [1.82, 2.24) is 9.29 Å². The second-order valence-electron chi connectivity index (χ2n) is 5.20. The van der Waals surface area contributed by atoms with Crippen molar-refractivity contribution in [2.24, 2.45) is 0 Å². The second kappa shape index (κ2) is 6.34. The lowest BCUT2D eigenvalue weighted by molar-refractivity contribution is -0.137. The number of halogens is 3. The Bertz CT molecular complexity index is 807. The molecule has 10 heteroatoms. The quantitative estimate of drug-likeness (QED) is 0.821. The molecule has 5 nitrogen and oxygen atoms in total. The van der Waals surface area contributed by atoms with E-state index < -0.39 is 27.9 Å². The number of nitrogens with zero attached hydrogens (tertiary/aromatic N) is 2. The molecule has 2 aromatic heterocycles. The van der Waals surface area contributed by atoms with Crippen LogP contribution in [0.25, 0.3) is 0 Å². The molecule has 0 aromatic carbocycles. The number of rotatable bonds is 4. The van der Waals surface area contributed by atoms with Gasteiger partial charge in [0.1, 0.15) is 10.3 Å². The predicted molar refractivity (Wildman–Crippen MR) is 81.3 cm³/mol. The highest BCUT2D eigenvalue weighted by molar-refractivity contribution is 7.91. The molecule has 3 heterocycles. The summed E-state index contributed by atoms with van der Waals surface area (Å²) in [7, 11) is -3.58. The molecule has 0 aliphatic carbocycles. The smallest absolute Gasteiger partial charge is 0.416 e. The Kier molecular flexibility index (Phi) is 4.54. The fourth-order valence-corrected chi connectivity index (χ4v) is 5.00. The number of pyridine rings is 1. The van der Waals surface area contributed by atoms with Crippen LogP contribution in [0, 0.1) is 0 Å². The normalized spacial score (nSPS) is 19.5. The Hall–Kier alpha value is -1.65. The van der Waals surface area contributed by atoms with Gasteiger partial charge in [-0.05, 0) is 23.9 Å². The lowest BCUT2D eigenvalue weighted by Gasteiger charge is -2.16. The second-order valence-corrected chi connectivity index (χ2v) is 8.32. The van der Waals surface area contributed by atoms with Crippen LogP contribution in [0.15, 0.2) is 40.1 Å². The van der Waals surface area contributed by atoms with Crippen molar-refractivity contribution in [3.63, 3.8) is 0 Å². The molecule has 130 valence electrons. The molecule has 0 bridgehead atoms. The molecular formula is C14H13F3N2O3S2. The van der Waals surface area contributed by atoms with E-state index in [2.05, 4.69) is 4.98 Å². The first-order valence-corrected chi connectivity index (χ1v) is 9.32. The van der Waals surface area contributed by atoms with E-state index in [9.17, 15) is 21.6 Å². The molecule has 3 rings (SSSR count). The number of ether oxygens (including phenoxy) is 1. The number of hydrogen-bond donors (Lipinski definition) is 0. The van der Waals surface area contributed by atoms with E-state index in [4.69, 9.17) is 4.74 Å². The van der Waals surface area contributed by atoms with Crippen LogP contribution in [0.5, 0.6) is 5.88 Å². The van der Waals surface area contributed by atoms with E-state index in [0.717, 1.165) is 29.7 Å². The van der Waals surface area contributed by atoms with E-state index in [-0.39, 0.29) is 23.2 Å². The molecule has 1 atom stereocenters. The van der Waals surface area contributed by atoms with E-state index >= 15 is 0 Å². The first kappa shape index (κ1) is 17.2. The molecule has 24 heavy (non-hydrogen) atoms. The molecule has 0 saturated carbocycles. The van der Waals surface area contributed by atoms with Crippen molar-refractivity contribution in [3.05, 3.63) is 41.4 Å². The zero-order valence-electron chi connectivity index (χ0n) is 12.2. The van der Waals surface area contributed by atoms with Crippen molar-refractivity contribution in [2.45, 2.75) is 22.9 Å². The molecule has 1 fully saturated rings. The third-order valence-electron chi connectivity index (χ3n) is 3.55. The first-order valence-electron chi connectivity index (χ1n) is 7.00.